The van der Waals surface area contributed by atoms with E-state index in [4.69, 9.17) is 0 Å². The topological polar surface area (TPSA) is 66.5 Å². The number of benzene rings is 1. The molecule has 5 nitrogen and oxygen atoms in total. The summed E-state index contributed by atoms with van der Waals surface area (Å²) in [6.45, 7) is 2.17. The molecule has 6 heteroatoms. The second kappa shape index (κ2) is 4.03. The van der Waals surface area contributed by atoms with Crippen LogP contribution in [0.2, 0.25) is 0 Å². The van der Waals surface area contributed by atoms with Gasteiger partial charge < -0.3 is 4.90 Å². The van der Waals surface area contributed by atoms with E-state index in [0.29, 0.717) is 12.2 Å². The van der Waals surface area contributed by atoms with Crippen molar-refractivity contribution < 1.29 is 14.6 Å². The molecule has 1 aromatic rings. The third-order valence-electron chi connectivity index (χ3n) is 2.66. The van der Waals surface area contributed by atoms with Gasteiger partial charge in [-0.1, -0.05) is 6.07 Å². The maximum atomic E-state index is 11.4. The van der Waals surface area contributed by atoms with E-state index in [1.165, 1.54) is 6.92 Å². The third kappa shape index (κ3) is 2.58. The number of hydrogen-bond acceptors (Lipinski definition) is 3. The minimum atomic E-state index is -3.29. The highest BCUT2D eigenvalue weighted by atomic mass is 32.2. The highest BCUT2D eigenvalue weighted by Gasteiger charge is 2.22. The molecule has 1 N–H and O–H groups in total. The van der Waals surface area contributed by atoms with Gasteiger partial charge in [0, 0.05) is 20.6 Å². The lowest BCUT2D eigenvalue weighted by Crippen LogP contribution is -2.25. The minimum absolute atomic E-state index is 0. The van der Waals surface area contributed by atoms with Crippen LogP contribution in [0.4, 0.5) is 11.4 Å². The number of nitrogens with zero attached hydrogens (tertiary/aromatic N) is 1. The molecule has 1 aliphatic heterocycles. The summed E-state index contributed by atoms with van der Waals surface area (Å²) in [7, 11) is -3.29. The number of fused-ring (bicyclic) bond motifs is 1. The number of amides is 1. The monoisotopic (exact) mass is 256 g/mol. The summed E-state index contributed by atoms with van der Waals surface area (Å²) >= 11 is 0. The molecule has 0 saturated heterocycles. The standard InChI is InChI=1S/C11H14N2O3S.H2/c1-8(14)13-6-5-9-3-4-10(7-11(9)13)12-17(2,15)16;/h3-4,7,12H,5-6H2,1-2H3;1H. The summed E-state index contributed by atoms with van der Waals surface area (Å²) < 4.78 is 24.7. The lowest BCUT2D eigenvalue weighted by molar-refractivity contribution is -0.116. The molecule has 1 heterocycles. The number of nitrogens with one attached hydrogen (secondary N) is 1. The molecule has 0 radical (unpaired) electrons. The van der Waals surface area contributed by atoms with Crippen molar-refractivity contribution in [2.45, 2.75) is 13.3 Å². The summed E-state index contributed by atoms with van der Waals surface area (Å²) in [5.74, 6) is -0.0275. The number of anilines is 2. The van der Waals surface area contributed by atoms with Gasteiger partial charge in [-0.3, -0.25) is 9.52 Å². The zero-order valence-electron chi connectivity index (χ0n) is 9.73. The molecule has 94 valence electrons. The molecule has 1 aliphatic rings. The van der Waals surface area contributed by atoms with E-state index in [9.17, 15) is 13.2 Å². The average molecular weight is 256 g/mol. The van der Waals surface area contributed by atoms with Crippen molar-refractivity contribution in [2.75, 3.05) is 22.4 Å². The van der Waals surface area contributed by atoms with Gasteiger partial charge in [-0.25, -0.2) is 8.42 Å². The highest BCUT2D eigenvalue weighted by Crippen LogP contribution is 2.31. The first-order valence-electron chi connectivity index (χ1n) is 5.25. The molecule has 0 unspecified atom stereocenters. The van der Waals surface area contributed by atoms with Crippen LogP contribution < -0.4 is 9.62 Å². The Kier molecular flexibility index (Phi) is 2.82. The molecule has 1 amide bonds. The smallest absolute Gasteiger partial charge is 0.229 e. The van der Waals surface area contributed by atoms with Crippen molar-refractivity contribution >= 4 is 27.3 Å². The quantitative estimate of drug-likeness (QED) is 0.865. The summed E-state index contributed by atoms with van der Waals surface area (Å²) in [4.78, 5) is 13.0. The normalized spacial score (nSPS) is 14.6. The fourth-order valence-corrected chi connectivity index (χ4v) is 2.54. The van der Waals surface area contributed by atoms with Crippen LogP contribution in [0.5, 0.6) is 0 Å². The van der Waals surface area contributed by atoms with Crippen molar-refractivity contribution in [3.63, 3.8) is 0 Å². The van der Waals surface area contributed by atoms with Gasteiger partial charge in [-0.2, -0.15) is 0 Å². The molecule has 1 aromatic carbocycles. The van der Waals surface area contributed by atoms with Crippen LogP contribution in [0, 0.1) is 0 Å². The van der Waals surface area contributed by atoms with Crippen LogP contribution in [0.1, 0.15) is 13.9 Å². The van der Waals surface area contributed by atoms with E-state index in [1.54, 1.807) is 17.0 Å². The highest BCUT2D eigenvalue weighted by molar-refractivity contribution is 7.92. The van der Waals surface area contributed by atoms with Crippen molar-refractivity contribution in [1.82, 2.24) is 0 Å². The van der Waals surface area contributed by atoms with Gasteiger partial charge >= 0.3 is 0 Å². The molecule has 0 aliphatic carbocycles. The number of carbonyl (C=O) groups excluding carboxylic acids is 1. The Morgan fingerprint density at radius 1 is 1.47 bits per heavy atom. The molecular formula is C11H16N2O3S. The Balaban J connectivity index is 0.00000162. The van der Waals surface area contributed by atoms with Gasteiger partial charge in [-0.15, -0.1) is 0 Å². The SMILES string of the molecule is CC(=O)N1CCc2ccc(NS(C)(=O)=O)cc21.[HH]. The first kappa shape index (κ1) is 11.9. The second-order valence-corrected chi connectivity index (χ2v) is 5.89. The first-order valence-corrected chi connectivity index (χ1v) is 7.15. The fraction of sp³-hybridized carbons (Fsp3) is 0.364. The van der Waals surface area contributed by atoms with Crippen molar-refractivity contribution in [2.24, 2.45) is 0 Å². The Labute approximate surface area is 102 Å². The number of rotatable bonds is 2. The Morgan fingerprint density at radius 2 is 2.18 bits per heavy atom. The van der Waals surface area contributed by atoms with Gasteiger partial charge in [0.15, 0.2) is 0 Å². The second-order valence-electron chi connectivity index (χ2n) is 4.14. The van der Waals surface area contributed by atoms with Gasteiger partial charge in [0.05, 0.1) is 11.9 Å². The zero-order chi connectivity index (χ0) is 12.6. The van der Waals surface area contributed by atoms with Crippen molar-refractivity contribution in [3.05, 3.63) is 23.8 Å². The molecule has 0 fully saturated rings. The zero-order valence-corrected chi connectivity index (χ0v) is 10.5. The van der Waals surface area contributed by atoms with Gasteiger partial charge in [0.1, 0.15) is 0 Å². The van der Waals surface area contributed by atoms with Crippen LogP contribution in [0.3, 0.4) is 0 Å². The van der Waals surface area contributed by atoms with Crippen molar-refractivity contribution in [1.29, 1.82) is 0 Å². The first-order chi connectivity index (χ1) is 7.87. The van der Waals surface area contributed by atoms with E-state index >= 15 is 0 Å². The van der Waals surface area contributed by atoms with E-state index in [0.717, 1.165) is 23.9 Å². The average Bonchev–Trinajstić information content (AvgIpc) is 2.57. The van der Waals surface area contributed by atoms with E-state index in [2.05, 4.69) is 4.72 Å². The van der Waals surface area contributed by atoms with Crippen molar-refractivity contribution in [3.8, 4) is 0 Å². The number of hydrogen-bond donors (Lipinski definition) is 1. The van der Waals surface area contributed by atoms with E-state index in [1.807, 2.05) is 6.07 Å². The van der Waals surface area contributed by atoms with Gasteiger partial charge in [0.2, 0.25) is 15.9 Å². The molecule has 0 aromatic heterocycles. The van der Waals surface area contributed by atoms with E-state index < -0.39 is 10.0 Å². The minimum Gasteiger partial charge on any atom is -0.312 e. The molecular weight excluding hydrogens is 240 g/mol. The van der Waals surface area contributed by atoms with Crippen LogP contribution in [-0.4, -0.2) is 27.1 Å². The maximum Gasteiger partial charge on any atom is 0.229 e. The Bertz CT molecular complexity index is 572. The van der Waals surface area contributed by atoms with Crippen LogP contribution >= 0.6 is 0 Å². The van der Waals surface area contributed by atoms with E-state index in [-0.39, 0.29) is 7.33 Å². The number of carbonyl (C=O) groups is 1. The Morgan fingerprint density at radius 3 is 2.76 bits per heavy atom. The summed E-state index contributed by atoms with van der Waals surface area (Å²) in [6.07, 6.45) is 1.91. The van der Waals surface area contributed by atoms with Crippen LogP contribution in [-0.2, 0) is 21.2 Å². The Hall–Kier alpha value is -1.56. The summed E-state index contributed by atoms with van der Waals surface area (Å²) in [5.41, 5.74) is 2.35. The maximum absolute atomic E-state index is 11.4. The van der Waals surface area contributed by atoms with Crippen LogP contribution in [0.25, 0.3) is 0 Å². The molecule has 0 saturated carbocycles. The summed E-state index contributed by atoms with van der Waals surface area (Å²) in [6, 6.07) is 5.26. The number of sulfonamides is 1. The lowest BCUT2D eigenvalue weighted by Gasteiger charge is -2.15. The summed E-state index contributed by atoms with van der Waals surface area (Å²) in [5, 5.41) is 0. The third-order valence-corrected chi connectivity index (χ3v) is 3.27. The fourth-order valence-electron chi connectivity index (χ4n) is 1.98. The molecule has 17 heavy (non-hydrogen) atoms. The lowest BCUT2D eigenvalue weighted by atomic mass is 10.1. The molecule has 0 atom stereocenters. The molecule has 0 bridgehead atoms. The molecule has 2 rings (SSSR count). The predicted molar refractivity (Wildman–Crippen MR) is 68.8 cm³/mol. The van der Waals surface area contributed by atoms with Gasteiger partial charge in [0.25, 0.3) is 0 Å². The predicted octanol–water partition coefficient (Wildman–Crippen LogP) is 1.21. The van der Waals surface area contributed by atoms with Gasteiger partial charge in [-0.05, 0) is 24.1 Å². The molecule has 0 spiro atoms. The largest absolute Gasteiger partial charge is 0.312 e. The van der Waals surface area contributed by atoms with Crippen LogP contribution in [0.15, 0.2) is 18.2 Å².